The molecule has 0 saturated heterocycles. The third-order valence-electron chi connectivity index (χ3n) is 11.5. The molecule has 0 fully saturated rings. The van der Waals surface area contributed by atoms with Crippen LogP contribution in [0.5, 0.6) is 0 Å². The molecule has 0 aliphatic carbocycles. The Morgan fingerprint density at radius 2 is 0.377 bits per heavy atom. The number of hydrogen-bond donors (Lipinski definition) is 0. The fraction of sp³-hybridized carbons (Fsp3) is 0. The van der Waals surface area contributed by atoms with Gasteiger partial charge in [0.05, 0.1) is 0 Å². The highest BCUT2D eigenvalue weighted by Crippen LogP contribution is 2.40. The van der Waals surface area contributed by atoms with Gasteiger partial charge in [0.1, 0.15) is 0 Å². The van der Waals surface area contributed by atoms with E-state index >= 15 is 0 Å². The summed E-state index contributed by atoms with van der Waals surface area (Å²) in [6.45, 7) is 0. The van der Waals surface area contributed by atoms with Crippen LogP contribution in [-0.4, -0.2) is 0 Å². The van der Waals surface area contributed by atoms with Crippen LogP contribution in [0.15, 0.2) is 261 Å². The zero-order valence-corrected chi connectivity index (χ0v) is 33.8. The van der Waals surface area contributed by atoms with Crippen LogP contribution in [-0.2, 0) is 0 Å². The van der Waals surface area contributed by atoms with Gasteiger partial charge in [0, 0.05) is 17.1 Å². The highest BCUT2D eigenvalue weighted by atomic mass is 15.1. The van der Waals surface area contributed by atoms with Gasteiger partial charge in [0.25, 0.3) is 0 Å². The van der Waals surface area contributed by atoms with E-state index in [0.29, 0.717) is 0 Å². The first-order valence-electron chi connectivity index (χ1n) is 20.9. The van der Waals surface area contributed by atoms with Crippen LogP contribution in [0.2, 0.25) is 0 Å². The van der Waals surface area contributed by atoms with Crippen molar-refractivity contribution in [1.29, 1.82) is 0 Å². The van der Waals surface area contributed by atoms with E-state index in [4.69, 9.17) is 0 Å². The van der Waals surface area contributed by atoms with Gasteiger partial charge in [-0.1, -0.05) is 206 Å². The van der Waals surface area contributed by atoms with Gasteiger partial charge in [0.2, 0.25) is 0 Å². The van der Waals surface area contributed by atoms with Gasteiger partial charge >= 0.3 is 0 Å². The SMILES string of the molecule is c1ccc(-c2ccc(N(c3ccc(-c4ccccc4)cc3)c3ccc(-c4ccccc4-c4ccc(-c5cc(-c6ccccc6)cc(-c6ccccc6)c5)cc4)cc3)cc2)cc1. The van der Waals surface area contributed by atoms with E-state index in [1.165, 1.54) is 77.9 Å². The Hall–Kier alpha value is -8.00. The largest absolute Gasteiger partial charge is 0.311 e. The molecular weight excluding hydrogens is 735 g/mol. The summed E-state index contributed by atoms with van der Waals surface area (Å²) < 4.78 is 0. The lowest BCUT2D eigenvalue weighted by molar-refractivity contribution is 1.28. The maximum absolute atomic E-state index is 2.34. The number of anilines is 3. The molecule has 0 N–H and O–H groups in total. The number of benzene rings is 10. The number of rotatable bonds is 10. The van der Waals surface area contributed by atoms with Crippen LogP contribution in [0.1, 0.15) is 0 Å². The van der Waals surface area contributed by atoms with Crippen molar-refractivity contribution in [3.05, 3.63) is 261 Å². The maximum Gasteiger partial charge on any atom is 0.0462 e. The second kappa shape index (κ2) is 17.1. The van der Waals surface area contributed by atoms with Crippen LogP contribution in [0.3, 0.4) is 0 Å². The summed E-state index contributed by atoms with van der Waals surface area (Å²) in [7, 11) is 0. The van der Waals surface area contributed by atoms with Gasteiger partial charge in [0.15, 0.2) is 0 Å². The van der Waals surface area contributed by atoms with E-state index in [2.05, 4.69) is 266 Å². The molecule has 10 rings (SSSR count). The van der Waals surface area contributed by atoms with Crippen LogP contribution in [0, 0.1) is 0 Å². The van der Waals surface area contributed by atoms with E-state index in [0.717, 1.165) is 17.1 Å². The van der Waals surface area contributed by atoms with E-state index < -0.39 is 0 Å². The Bertz CT molecular complexity index is 2850. The first-order valence-corrected chi connectivity index (χ1v) is 20.9. The van der Waals surface area contributed by atoms with Crippen molar-refractivity contribution in [2.75, 3.05) is 4.90 Å². The van der Waals surface area contributed by atoms with Crippen molar-refractivity contribution in [2.24, 2.45) is 0 Å². The molecule has 0 aliphatic heterocycles. The molecule has 0 aliphatic rings. The molecule has 0 saturated carbocycles. The summed E-state index contributed by atoms with van der Waals surface area (Å²) in [6, 6.07) is 93.9. The number of nitrogens with zero attached hydrogens (tertiary/aromatic N) is 1. The third kappa shape index (κ3) is 8.06. The zero-order valence-electron chi connectivity index (χ0n) is 33.8. The molecule has 10 aromatic carbocycles. The fourth-order valence-electron chi connectivity index (χ4n) is 8.32. The fourth-order valence-corrected chi connectivity index (χ4v) is 8.32. The van der Waals surface area contributed by atoms with Crippen LogP contribution < -0.4 is 4.90 Å². The molecule has 0 amide bonds. The first-order chi connectivity index (χ1) is 30.2. The number of hydrogen-bond acceptors (Lipinski definition) is 1. The summed E-state index contributed by atoms with van der Waals surface area (Å²) >= 11 is 0. The van der Waals surface area contributed by atoms with Crippen molar-refractivity contribution in [2.45, 2.75) is 0 Å². The molecule has 0 bridgehead atoms. The van der Waals surface area contributed by atoms with Crippen molar-refractivity contribution in [3.8, 4) is 77.9 Å². The third-order valence-corrected chi connectivity index (χ3v) is 11.5. The standard InChI is InChI=1S/C60H43N/c1-5-15-44(16-6-1)48-29-35-56(36-30-48)61(57-37-31-49(32-38-57)45-17-7-2-8-18-45)58-39-33-52(34-40-58)60-24-14-13-23-59(60)51-27-25-50(26-28-51)55-42-53(46-19-9-3-10-20-46)41-54(43-55)47-21-11-4-12-22-47/h1-43H. The molecule has 1 heteroatoms. The highest BCUT2D eigenvalue weighted by Gasteiger charge is 2.15. The average molecular weight is 778 g/mol. The Labute approximate surface area is 359 Å². The van der Waals surface area contributed by atoms with Crippen LogP contribution in [0.25, 0.3) is 77.9 Å². The summed E-state index contributed by atoms with van der Waals surface area (Å²) in [4.78, 5) is 2.34. The van der Waals surface area contributed by atoms with E-state index in [-0.39, 0.29) is 0 Å². The lowest BCUT2D eigenvalue weighted by Gasteiger charge is -2.26. The van der Waals surface area contributed by atoms with Gasteiger partial charge in [-0.25, -0.2) is 0 Å². The second-order valence-corrected chi connectivity index (χ2v) is 15.4. The van der Waals surface area contributed by atoms with Gasteiger partial charge in [-0.15, -0.1) is 0 Å². The van der Waals surface area contributed by atoms with Crippen molar-refractivity contribution < 1.29 is 0 Å². The smallest absolute Gasteiger partial charge is 0.0462 e. The molecular formula is C60H43N. The molecule has 61 heavy (non-hydrogen) atoms. The molecule has 0 radical (unpaired) electrons. The lowest BCUT2D eigenvalue weighted by Crippen LogP contribution is -2.09. The highest BCUT2D eigenvalue weighted by molar-refractivity contribution is 5.87. The average Bonchev–Trinajstić information content (AvgIpc) is 3.36. The monoisotopic (exact) mass is 777 g/mol. The summed E-state index contributed by atoms with van der Waals surface area (Å²) in [5.41, 5.74) is 20.1. The van der Waals surface area contributed by atoms with E-state index in [1.54, 1.807) is 0 Å². The Balaban J connectivity index is 0.972. The van der Waals surface area contributed by atoms with Gasteiger partial charge in [-0.05, 0) is 132 Å². The summed E-state index contributed by atoms with van der Waals surface area (Å²) in [5.74, 6) is 0. The van der Waals surface area contributed by atoms with Crippen molar-refractivity contribution in [1.82, 2.24) is 0 Å². The lowest BCUT2D eigenvalue weighted by atomic mass is 9.91. The van der Waals surface area contributed by atoms with Crippen molar-refractivity contribution >= 4 is 17.1 Å². The summed E-state index contributed by atoms with van der Waals surface area (Å²) in [5, 5.41) is 0. The molecule has 0 atom stereocenters. The Kier molecular flexibility index (Phi) is 10.4. The zero-order chi connectivity index (χ0) is 40.8. The minimum Gasteiger partial charge on any atom is -0.311 e. The van der Waals surface area contributed by atoms with E-state index in [9.17, 15) is 0 Å². The molecule has 0 unspecified atom stereocenters. The molecule has 1 nitrogen and oxygen atoms in total. The molecule has 0 aromatic heterocycles. The minimum absolute atomic E-state index is 1.10. The topological polar surface area (TPSA) is 3.24 Å². The normalized spacial score (nSPS) is 11.0. The summed E-state index contributed by atoms with van der Waals surface area (Å²) in [6.07, 6.45) is 0. The van der Waals surface area contributed by atoms with E-state index in [1.807, 2.05) is 0 Å². The van der Waals surface area contributed by atoms with Crippen LogP contribution >= 0.6 is 0 Å². The maximum atomic E-state index is 2.34. The predicted molar refractivity (Wildman–Crippen MR) is 259 cm³/mol. The van der Waals surface area contributed by atoms with Crippen LogP contribution in [0.4, 0.5) is 17.1 Å². The first kappa shape index (κ1) is 37.3. The second-order valence-electron chi connectivity index (χ2n) is 15.4. The van der Waals surface area contributed by atoms with Gasteiger partial charge in [-0.2, -0.15) is 0 Å². The van der Waals surface area contributed by atoms with Gasteiger partial charge in [-0.3, -0.25) is 0 Å². The van der Waals surface area contributed by atoms with Crippen molar-refractivity contribution in [3.63, 3.8) is 0 Å². The molecule has 0 spiro atoms. The molecule has 288 valence electrons. The Morgan fingerprint density at radius 3 is 0.705 bits per heavy atom. The minimum atomic E-state index is 1.10. The molecule has 10 aromatic rings. The Morgan fingerprint density at radius 1 is 0.164 bits per heavy atom. The van der Waals surface area contributed by atoms with Gasteiger partial charge < -0.3 is 4.90 Å². The molecule has 0 heterocycles. The quantitative estimate of drug-likeness (QED) is 0.134. The predicted octanol–water partition coefficient (Wildman–Crippen LogP) is 16.8.